The number of carbonyl (C=O) groups excluding carboxylic acids is 1. The van der Waals surface area contributed by atoms with Crippen molar-refractivity contribution < 1.29 is 9.53 Å². The van der Waals surface area contributed by atoms with Crippen molar-refractivity contribution in [3.8, 4) is 5.75 Å². The first-order valence-electron chi connectivity index (χ1n) is 10.7. The van der Waals surface area contributed by atoms with Crippen molar-refractivity contribution in [2.24, 2.45) is 0 Å². The van der Waals surface area contributed by atoms with Gasteiger partial charge in [-0.05, 0) is 69.9 Å². The van der Waals surface area contributed by atoms with Crippen molar-refractivity contribution >= 4 is 5.91 Å². The summed E-state index contributed by atoms with van der Waals surface area (Å²) in [6.07, 6.45) is 6.63. The molecule has 3 aliphatic rings. The van der Waals surface area contributed by atoms with E-state index >= 15 is 0 Å². The molecular formula is C22H33N3O2. The normalized spacial score (nSPS) is 25.7. The number of hydrogen-bond donors (Lipinski definition) is 1. The van der Waals surface area contributed by atoms with Gasteiger partial charge >= 0.3 is 0 Å². The van der Waals surface area contributed by atoms with E-state index in [-0.39, 0.29) is 12.1 Å². The second-order valence-corrected chi connectivity index (χ2v) is 8.34. The first-order valence-corrected chi connectivity index (χ1v) is 10.7. The van der Waals surface area contributed by atoms with E-state index < -0.39 is 0 Å². The largest absolute Gasteiger partial charge is 0.490 e. The second-order valence-electron chi connectivity index (χ2n) is 8.34. The van der Waals surface area contributed by atoms with Crippen LogP contribution in [0, 0.1) is 6.92 Å². The molecule has 3 aliphatic heterocycles. The number of aryl methyl sites for hydroxylation is 1. The van der Waals surface area contributed by atoms with Gasteiger partial charge in [-0.15, -0.1) is 0 Å². The van der Waals surface area contributed by atoms with Crippen LogP contribution < -0.4 is 10.1 Å². The number of nitrogens with zero attached hydrogens (tertiary/aromatic N) is 2. The van der Waals surface area contributed by atoms with Gasteiger partial charge in [0.05, 0.1) is 6.04 Å². The number of nitrogens with one attached hydrogen (secondary N) is 1. The highest BCUT2D eigenvalue weighted by Gasteiger charge is 2.38. The predicted octanol–water partition coefficient (Wildman–Crippen LogP) is 2.58. The van der Waals surface area contributed by atoms with Gasteiger partial charge in [-0.3, -0.25) is 9.69 Å². The third kappa shape index (κ3) is 4.46. The Morgan fingerprint density at radius 1 is 1.07 bits per heavy atom. The third-order valence-corrected chi connectivity index (χ3v) is 6.40. The van der Waals surface area contributed by atoms with Gasteiger partial charge in [-0.25, -0.2) is 0 Å². The van der Waals surface area contributed by atoms with E-state index in [0.29, 0.717) is 11.9 Å². The van der Waals surface area contributed by atoms with Gasteiger partial charge in [0, 0.05) is 32.0 Å². The summed E-state index contributed by atoms with van der Waals surface area (Å²) in [4.78, 5) is 17.8. The maximum absolute atomic E-state index is 13.2. The molecule has 148 valence electrons. The molecule has 0 bridgehead atoms. The quantitative estimate of drug-likeness (QED) is 0.884. The third-order valence-electron chi connectivity index (χ3n) is 6.40. The topological polar surface area (TPSA) is 44.8 Å². The van der Waals surface area contributed by atoms with Crippen LogP contribution in [0.1, 0.15) is 44.1 Å². The number of carbonyl (C=O) groups is 1. The molecule has 27 heavy (non-hydrogen) atoms. The summed E-state index contributed by atoms with van der Waals surface area (Å²) in [5.41, 5.74) is 1.22. The molecule has 3 heterocycles. The van der Waals surface area contributed by atoms with E-state index in [4.69, 9.17) is 4.74 Å². The molecule has 0 radical (unpaired) electrons. The monoisotopic (exact) mass is 371 g/mol. The summed E-state index contributed by atoms with van der Waals surface area (Å²) in [6, 6.07) is 8.95. The van der Waals surface area contributed by atoms with Gasteiger partial charge in [-0.1, -0.05) is 12.1 Å². The smallest absolute Gasteiger partial charge is 0.239 e. The SMILES string of the molecule is Cc1cccc(OC2CCN(C(=O)[C@H]3CCCN3C3CCNCC3)CC2)c1. The zero-order valence-corrected chi connectivity index (χ0v) is 16.5. The van der Waals surface area contributed by atoms with Crippen molar-refractivity contribution in [3.63, 3.8) is 0 Å². The Balaban J connectivity index is 1.30. The van der Waals surface area contributed by atoms with Crippen molar-refractivity contribution in [2.45, 2.75) is 63.6 Å². The number of rotatable bonds is 4. The molecule has 3 saturated heterocycles. The summed E-state index contributed by atoms with van der Waals surface area (Å²) >= 11 is 0. The highest BCUT2D eigenvalue weighted by atomic mass is 16.5. The Morgan fingerprint density at radius 2 is 1.85 bits per heavy atom. The fourth-order valence-electron chi connectivity index (χ4n) is 4.92. The molecule has 1 amide bonds. The lowest BCUT2D eigenvalue weighted by Gasteiger charge is -2.39. The Kier molecular flexibility index (Phi) is 5.98. The molecule has 3 fully saturated rings. The summed E-state index contributed by atoms with van der Waals surface area (Å²) in [6.45, 7) is 7.00. The average Bonchev–Trinajstić information content (AvgIpc) is 3.19. The fraction of sp³-hybridized carbons (Fsp3) is 0.682. The molecule has 4 rings (SSSR count). The van der Waals surface area contributed by atoms with Crippen LogP contribution in [-0.4, -0.2) is 66.6 Å². The van der Waals surface area contributed by atoms with Crippen molar-refractivity contribution in [1.29, 1.82) is 0 Å². The Hall–Kier alpha value is -1.59. The Labute approximate surface area is 163 Å². The lowest BCUT2D eigenvalue weighted by molar-refractivity contribution is -0.138. The van der Waals surface area contributed by atoms with Gasteiger partial charge < -0.3 is 15.0 Å². The minimum absolute atomic E-state index is 0.113. The zero-order valence-electron chi connectivity index (χ0n) is 16.5. The van der Waals surface area contributed by atoms with E-state index in [9.17, 15) is 4.79 Å². The van der Waals surface area contributed by atoms with E-state index in [1.54, 1.807) is 0 Å². The molecule has 0 unspecified atom stereocenters. The van der Waals surface area contributed by atoms with Crippen molar-refractivity contribution in [3.05, 3.63) is 29.8 Å². The molecule has 0 saturated carbocycles. The highest BCUT2D eigenvalue weighted by molar-refractivity contribution is 5.82. The first kappa shape index (κ1) is 18.8. The van der Waals surface area contributed by atoms with Crippen LogP contribution >= 0.6 is 0 Å². The van der Waals surface area contributed by atoms with Crippen LogP contribution in [-0.2, 0) is 4.79 Å². The average molecular weight is 372 g/mol. The number of likely N-dealkylation sites (tertiary alicyclic amines) is 2. The van der Waals surface area contributed by atoms with E-state index in [1.807, 2.05) is 12.1 Å². The Morgan fingerprint density at radius 3 is 2.59 bits per heavy atom. The Bertz CT molecular complexity index is 636. The lowest BCUT2D eigenvalue weighted by atomic mass is 10.0. The number of ether oxygens (including phenoxy) is 1. The number of hydrogen-bond acceptors (Lipinski definition) is 4. The number of piperidine rings is 2. The maximum atomic E-state index is 13.2. The van der Waals surface area contributed by atoms with Crippen LogP contribution in [0.2, 0.25) is 0 Å². The van der Waals surface area contributed by atoms with Crippen molar-refractivity contribution in [1.82, 2.24) is 15.1 Å². The summed E-state index contributed by atoms with van der Waals surface area (Å²) in [5.74, 6) is 1.31. The molecular weight excluding hydrogens is 338 g/mol. The van der Waals surface area contributed by atoms with Crippen LogP contribution in [0.4, 0.5) is 0 Å². The van der Waals surface area contributed by atoms with Crippen LogP contribution in [0.15, 0.2) is 24.3 Å². The summed E-state index contributed by atoms with van der Waals surface area (Å²) < 4.78 is 6.15. The summed E-state index contributed by atoms with van der Waals surface area (Å²) in [5, 5.41) is 3.44. The number of benzene rings is 1. The van der Waals surface area contributed by atoms with Crippen LogP contribution in [0.5, 0.6) is 5.75 Å². The van der Waals surface area contributed by atoms with Gasteiger partial charge in [0.25, 0.3) is 0 Å². The van der Waals surface area contributed by atoms with Crippen LogP contribution in [0.25, 0.3) is 0 Å². The van der Waals surface area contributed by atoms with Crippen molar-refractivity contribution in [2.75, 3.05) is 32.7 Å². The van der Waals surface area contributed by atoms with Crippen LogP contribution in [0.3, 0.4) is 0 Å². The number of amides is 1. The van der Waals surface area contributed by atoms with Gasteiger partial charge in [0.1, 0.15) is 11.9 Å². The predicted molar refractivity (Wildman–Crippen MR) is 107 cm³/mol. The molecule has 1 aromatic rings. The van der Waals surface area contributed by atoms with Gasteiger partial charge in [-0.2, -0.15) is 0 Å². The maximum Gasteiger partial charge on any atom is 0.239 e. The molecule has 1 N–H and O–H groups in total. The van der Waals surface area contributed by atoms with E-state index in [1.165, 1.54) is 18.4 Å². The zero-order chi connectivity index (χ0) is 18.6. The summed E-state index contributed by atoms with van der Waals surface area (Å²) in [7, 11) is 0. The minimum atomic E-state index is 0.113. The molecule has 0 spiro atoms. The molecule has 1 aromatic carbocycles. The first-order chi connectivity index (χ1) is 13.2. The standard InChI is InChI=1S/C22H33N3O2/c1-17-4-2-5-20(16-17)27-19-9-14-24(15-10-19)22(26)21-6-3-13-25(21)18-7-11-23-12-8-18/h2,4-5,16,18-19,21,23H,3,6-15H2,1H3/t21-/m1/s1. The van der Waals surface area contributed by atoms with E-state index in [2.05, 4.69) is 34.2 Å². The van der Waals surface area contributed by atoms with E-state index in [0.717, 1.165) is 64.2 Å². The molecule has 5 heteroatoms. The molecule has 0 aliphatic carbocycles. The fourth-order valence-corrected chi connectivity index (χ4v) is 4.92. The minimum Gasteiger partial charge on any atom is -0.490 e. The molecule has 5 nitrogen and oxygen atoms in total. The lowest BCUT2D eigenvalue weighted by Crippen LogP contribution is -2.53. The molecule has 0 aromatic heterocycles. The second kappa shape index (κ2) is 8.61. The van der Waals surface area contributed by atoms with Gasteiger partial charge in [0.2, 0.25) is 5.91 Å². The van der Waals surface area contributed by atoms with Gasteiger partial charge in [0.15, 0.2) is 0 Å². The highest BCUT2D eigenvalue weighted by Crippen LogP contribution is 2.27. The molecule has 1 atom stereocenters.